The maximum atomic E-state index is 13.2. The van der Waals surface area contributed by atoms with Crippen molar-refractivity contribution in [2.24, 2.45) is 11.8 Å². The van der Waals surface area contributed by atoms with E-state index in [9.17, 15) is 9.59 Å². The van der Waals surface area contributed by atoms with Crippen molar-refractivity contribution >= 4 is 17.8 Å². The van der Waals surface area contributed by atoms with Crippen LogP contribution in [0.25, 0.3) is 17.2 Å². The first kappa shape index (κ1) is 21.8. The number of nitrogens with zero attached hydrogens (tertiary/aromatic N) is 1. The first-order valence-electron chi connectivity index (χ1n) is 11.3. The molecule has 0 aliphatic carbocycles. The number of hydrogen-bond acceptors (Lipinski definition) is 2. The van der Waals surface area contributed by atoms with Gasteiger partial charge in [-0.15, -0.1) is 0 Å². The van der Waals surface area contributed by atoms with E-state index in [-0.39, 0.29) is 23.7 Å². The Morgan fingerprint density at radius 3 is 2.12 bits per heavy atom. The Labute approximate surface area is 190 Å². The van der Waals surface area contributed by atoms with Crippen LogP contribution in [0.15, 0.2) is 91.1 Å². The van der Waals surface area contributed by atoms with E-state index in [4.69, 9.17) is 0 Å². The SMILES string of the molecule is CC(C)C(=O)C1CC(Cc2ccc(-c3ccccc3)cc2)N(/C=C/c2ccccc2)C1=O. The summed E-state index contributed by atoms with van der Waals surface area (Å²) in [5, 5.41) is 0. The summed E-state index contributed by atoms with van der Waals surface area (Å²) in [6, 6.07) is 28.7. The van der Waals surface area contributed by atoms with Crippen molar-refractivity contribution in [3.8, 4) is 11.1 Å². The number of carbonyl (C=O) groups is 2. The van der Waals surface area contributed by atoms with E-state index in [1.807, 2.05) is 74.7 Å². The molecular weight excluding hydrogens is 394 g/mol. The zero-order valence-corrected chi connectivity index (χ0v) is 18.6. The minimum atomic E-state index is -0.552. The fraction of sp³-hybridized carbons (Fsp3) is 0.241. The maximum Gasteiger partial charge on any atom is 0.237 e. The minimum absolute atomic E-state index is 0.0299. The van der Waals surface area contributed by atoms with Crippen LogP contribution in [0, 0.1) is 11.8 Å². The molecule has 3 nitrogen and oxygen atoms in total. The van der Waals surface area contributed by atoms with Crippen LogP contribution >= 0.6 is 0 Å². The van der Waals surface area contributed by atoms with E-state index in [0.29, 0.717) is 6.42 Å². The van der Waals surface area contributed by atoms with E-state index < -0.39 is 5.92 Å². The number of Topliss-reactive ketones (excluding diaryl/α,β-unsaturated/α-hetero) is 1. The molecule has 162 valence electrons. The molecule has 0 aromatic heterocycles. The molecule has 0 N–H and O–H groups in total. The summed E-state index contributed by atoms with van der Waals surface area (Å²) in [7, 11) is 0. The number of carbonyl (C=O) groups excluding carboxylic acids is 2. The maximum absolute atomic E-state index is 13.2. The molecule has 1 saturated heterocycles. The van der Waals surface area contributed by atoms with Crippen molar-refractivity contribution in [2.75, 3.05) is 0 Å². The number of benzene rings is 3. The van der Waals surface area contributed by atoms with Crippen LogP contribution < -0.4 is 0 Å². The van der Waals surface area contributed by atoms with Gasteiger partial charge in [0.05, 0.1) is 5.92 Å². The number of hydrogen-bond donors (Lipinski definition) is 0. The molecule has 0 radical (unpaired) electrons. The lowest BCUT2D eigenvalue weighted by Gasteiger charge is -2.21. The Morgan fingerprint density at radius 1 is 0.906 bits per heavy atom. The van der Waals surface area contributed by atoms with Crippen LogP contribution in [-0.4, -0.2) is 22.6 Å². The average Bonchev–Trinajstić information content (AvgIpc) is 3.13. The van der Waals surface area contributed by atoms with Crippen molar-refractivity contribution in [2.45, 2.75) is 32.7 Å². The number of ketones is 1. The van der Waals surface area contributed by atoms with Gasteiger partial charge in [-0.05, 0) is 41.2 Å². The van der Waals surface area contributed by atoms with Gasteiger partial charge >= 0.3 is 0 Å². The molecule has 3 heteroatoms. The number of amides is 1. The van der Waals surface area contributed by atoms with Gasteiger partial charge in [-0.25, -0.2) is 0 Å². The highest BCUT2D eigenvalue weighted by atomic mass is 16.2. The minimum Gasteiger partial charge on any atom is -0.315 e. The summed E-state index contributed by atoms with van der Waals surface area (Å²) in [6.07, 6.45) is 5.09. The van der Waals surface area contributed by atoms with E-state index in [1.54, 1.807) is 4.90 Å². The normalized spacial score (nSPS) is 18.6. The molecule has 3 aromatic carbocycles. The van der Waals surface area contributed by atoms with Gasteiger partial charge in [-0.1, -0.05) is 98.8 Å². The largest absolute Gasteiger partial charge is 0.315 e. The standard InChI is InChI=1S/C29H29NO2/c1-21(2)28(31)27-20-26(30(29(27)32)18-17-22-9-5-3-6-10-22)19-23-13-15-25(16-14-23)24-11-7-4-8-12-24/h3-18,21,26-27H,19-20H2,1-2H3/b18-17+. The smallest absolute Gasteiger partial charge is 0.237 e. The lowest BCUT2D eigenvalue weighted by molar-refractivity contribution is -0.137. The van der Waals surface area contributed by atoms with Crippen molar-refractivity contribution in [3.63, 3.8) is 0 Å². The Kier molecular flexibility index (Phi) is 6.65. The zero-order chi connectivity index (χ0) is 22.5. The zero-order valence-electron chi connectivity index (χ0n) is 18.6. The van der Waals surface area contributed by atoms with Gasteiger partial charge in [0.1, 0.15) is 5.78 Å². The van der Waals surface area contributed by atoms with Crippen LogP contribution in [0.1, 0.15) is 31.4 Å². The van der Waals surface area contributed by atoms with E-state index in [2.05, 4.69) is 36.4 Å². The summed E-state index contributed by atoms with van der Waals surface area (Å²) < 4.78 is 0. The quantitative estimate of drug-likeness (QED) is 0.437. The molecule has 32 heavy (non-hydrogen) atoms. The third-order valence-corrected chi connectivity index (χ3v) is 6.13. The second kappa shape index (κ2) is 9.78. The Balaban J connectivity index is 1.55. The fourth-order valence-electron chi connectivity index (χ4n) is 4.33. The van der Waals surface area contributed by atoms with Crippen LogP contribution in [0.2, 0.25) is 0 Å². The molecule has 1 fully saturated rings. The molecular formula is C29H29NO2. The monoisotopic (exact) mass is 423 g/mol. The summed E-state index contributed by atoms with van der Waals surface area (Å²) in [5.41, 5.74) is 4.55. The van der Waals surface area contributed by atoms with Gasteiger partial charge in [0, 0.05) is 18.2 Å². The Bertz CT molecular complexity index is 1090. The highest BCUT2D eigenvalue weighted by Gasteiger charge is 2.42. The van der Waals surface area contributed by atoms with Gasteiger partial charge in [0.2, 0.25) is 5.91 Å². The molecule has 0 saturated carbocycles. The average molecular weight is 424 g/mol. The molecule has 1 aliphatic heterocycles. The summed E-state index contributed by atoms with van der Waals surface area (Å²) in [4.78, 5) is 27.7. The van der Waals surface area contributed by atoms with Gasteiger partial charge < -0.3 is 4.90 Å². The molecule has 1 aliphatic rings. The first-order chi connectivity index (χ1) is 15.5. The van der Waals surface area contributed by atoms with Crippen LogP contribution in [-0.2, 0) is 16.0 Å². The van der Waals surface area contributed by atoms with Crippen molar-refractivity contribution in [1.82, 2.24) is 4.90 Å². The van der Waals surface area contributed by atoms with Gasteiger partial charge in [-0.2, -0.15) is 0 Å². The van der Waals surface area contributed by atoms with Crippen molar-refractivity contribution < 1.29 is 9.59 Å². The van der Waals surface area contributed by atoms with Crippen LogP contribution in [0.5, 0.6) is 0 Å². The Morgan fingerprint density at radius 2 is 1.50 bits per heavy atom. The topological polar surface area (TPSA) is 37.4 Å². The first-order valence-corrected chi connectivity index (χ1v) is 11.3. The third kappa shape index (κ3) is 4.88. The highest BCUT2D eigenvalue weighted by Crippen LogP contribution is 2.31. The van der Waals surface area contributed by atoms with Crippen molar-refractivity contribution in [3.05, 3.63) is 102 Å². The molecule has 0 bridgehead atoms. The molecule has 0 spiro atoms. The molecule has 1 heterocycles. The van der Waals surface area contributed by atoms with Gasteiger partial charge in [0.25, 0.3) is 0 Å². The third-order valence-electron chi connectivity index (χ3n) is 6.13. The number of rotatable bonds is 7. The van der Waals surface area contributed by atoms with Crippen LogP contribution in [0.3, 0.4) is 0 Å². The fourth-order valence-corrected chi connectivity index (χ4v) is 4.33. The molecule has 4 rings (SSSR count). The predicted molar refractivity (Wildman–Crippen MR) is 130 cm³/mol. The summed E-state index contributed by atoms with van der Waals surface area (Å²) >= 11 is 0. The van der Waals surface area contributed by atoms with E-state index in [0.717, 1.165) is 12.0 Å². The van der Waals surface area contributed by atoms with E-state index in [1.165, 1.54) is 16.7 Å². The second-order valence-electron chi connectivity index (χ2n) is 8.74. The molecule has 2 unspecified atom stereocenters. The predicted octanol–water partition coefficient (Wildman–Crippen LogP) is 6.01. The Hall–Kier alpha value is -3.46. The highest BCUT2D eigenvalue weighted by molar-refractivity contribution is 6.04. The lowest BCUT2D eigenvalue weighted by atomic mass is 9.91. The number of likely N-dealkylation sites (tertiary alicyclic amines) is 1. The summed E-state index contributed by atoms with van der Waals surface area (Å²) in [5.74, 6) is -0.742. The summed E-state index contributed by atoms with van der Waals surface area (Å²) in [6.45, 7) is 3.74. The second-order valence-corrected chi connectivity index (χ2v) is 8.74. The van der Waals surface area contributed by atoms with E-state index >= 15 is 0 Å². The molecule has 3 aromatic rings. The molecule has 1 amide bonds. The molecule has 2 atom stereocenters. The van der Waals surface area contributed by atoms with Crippen molar-refractivity contribution in [1.29, 1.82) is 0 Å². The van der Waals surface area contributed by atoms with Gasteiger partial charge in [0.15, 0.2) is 0 Å². The van der Waals surface area contributed by atoms with Gasteiger partial charge in [-0.3, -0.25) is 9.59 Å². The lowest BCUT2D eigenvalue weighted by Crippen LogP contribution is -2.32. The van der Waals surface area contributed by atoms with Crippen LogP contribution in [0.4, 0.5) is 0 Å².